The molecule has 26 heavy (non-hydrogen) atoms. The van der Waals surface area contributed by atoms with Crippen molar-refractivity contribution in [1.29, 1.82) is 0 Å². The van der Waals surface area contributed by atoms with Crippen molar-refractivity contribution in [2.75, 3.05) is 27.2 Å². The van der Waals surface area contributed by atoms with Crippen molar-refractivity contribution < 1.29 is 9.53 Å². The van der Waals surface area contributed by atoms with E-state index in [1.54, 1.807) is 0 Å². The van der Waals surface area contributed by atoms with Gasteiger partial charge in [-0.25, -0.2) is 9.78 Å². The summed E-state index contributed by atoms with van der Waals surface area (Å²) in [5, 5.41) is 0. The third kappa shape index (κ3) is 5.22. The molecule has 2 heterocycles. The molecular formula is C20H36N4O2. The monoisotopic (exact) mass is 364 g/mol. The number of hydrogen-bond acceptors (Lipinski definition) is 4. The van der Waals surface area contributed by atoms with Crippen LogP contribution < -0.4 is 0 Å². The molecule has 1 saturated heterocycles. The van der Waals surface area contributed by atoms with E-state index < -0.39 is 5.60 Å². The van der Waals surface area contributed by atoms with Gasteiger partial charge in [-0.3, -0.25) is 4.90 Å². The van der Waals surface area contributed by atoms with E-state index >= 15 is 0 Å². The number of hydrogen-bond donors (Lipinski definition) is 0. The van der Waals surface area contributed by atoms with Crippen molar-refractivity contribution in [2.24, 2.45) is 0 Å². The molecule has 0 N–H and O–H groups in total. The zero-order valence-corrected chi connectivity index (χ0v) is 17.8. The Morgan fingerprint density at radius 1 is 1.27 bits per heavy atom. The number of ether oxygens (including phenoxy) is 1. The summed E-state index contributed by atoms with van der Waals surface area (Å²) in [5.41, 5.74) is 0.566. The average molecular weight is 365 g/mol. The van der Waals surface area contributed by atoms with Crippen LogP contribution in [0.3, 0.4) is 0 Å². The van der Waals surface area contributed by atoms with E-state index in [9.17, 15) is 4.79 Å². The lowest BCUT2D eigenvalue weighted by Gasteiger charge is -2.28. The second-order valence-electron chi connectivity index (χ2n) is 9.56. The standard InChI is InChI=1S/C20H36N4O2/c1-19(2,3)16-14-23(13-12-22(7)8)17(21-16)15-10-9-11-24(15)18(25)26-20(4,5)6/h14-15H,9-13H2,1-8H3. The Balaban J connectivity index is 2.31. The van der Waals surface area contributed by atoms with E-state index in [-0.39, 0.29) is 17.6 Å². The summed E-state index contributed by atoms with van der Waals surface area (Å²) < 4.78 is 7.86. The number of carbonyl (C=O) groups excluding carboxylic acids is 1. The maximum absolute atomic E-state index is 12.7. The molecule has 0 aromatic carbocycles. The van der Waals surface area contributed by atoms with Gasteiger partial charge in [0.1, 0.15) is 11.4 Å². The molecule has 1 fully saturated rings. The SMILES string of the molecule is CN(C)CCn1cc(C(C)(C)C)nc1C1CCCN1C(=O)OC(C)(C)C. The van der Waals surface area contributed by atoms with Crippen LogP contribution in [0.5, 0.6) is 0 Å². The van der Waals surface area contributed by atoms with Gasteiger partial charge >= 0.3 is 6.09 Å². The van der Waals surface area contributed by atoms with Gasteiger partial charge in [-0.1, -0.05) is 20.8 Å². The van der Waals surface area contributed by atoms with Crippen LogP contribution in [0, 0.1) is 0 Å². The van der Waals surface area contributed by atoms with Crippen LogP contribution in [-0.2, 0) is 16.7 Å². The van der Waals surface area contributed by atoms with Gasteiger partial charge in [-0.05, 0) is 47.7 Å². The maximum Gasteiger partial charge on any atom is 0.410 e. The van der Waals surface area contributed by atoms with Gasteiger partial charge in [0.15, 0.2) is 0 Å². The summed E-state index contributed by atoms with van der Waals surface area (Å²) in [6.07, 6.45) is 3.83. The zero-order chi connectivity index (χ0) is 19.7. The van der Waals surface area contributed by atoms with E-state index in [2.05, 4.69) is 50.5 Å². The second-order valence-corrected chi connectivity index (χ2v) is 9.56. The predicted octanol–water partition coefficient (Wildman–Crippen LogP) is 3.81. The van der Waals surface area contributed by atoms with Crippen molar-refractivity contribution in [3.8, 4) is 0 Å². The lowest BCUT2D eigenvalue weighted by Crippen LogP contribution is -2.37. The van der Waals surface area contributed by atoms with Crippen molar-refractivity contribution in [2.45, 2.75) is 78.0 Å². The Labute approximate surface area is 158 Å². The first-order chi connectivity index (χ1) is 11.9. The minimum atomic E-state index is -0.485. The number of amides is 1. The molecule has 148 valence electrons. The largest absolute Gasteiger partial charge is 0.444 e. The molecule has 6 nitrogen and oxygen atoms in total. The van der Waals surface area contributed by atoms with Crippen LogP contribution in [0.1, 0.15) is 71.9 Å². The van der Waals surface area contributed by atoms with Gasteiger partial charge in [0.25, 0.3) is 0 Å². The average Bonchev–Trinajstić information content (AvgIpc) is 3.08. The molecule has 0 saturated carbocycles. The predicted molar refractivity (Wildman–Crippen MR) is 104 cm³/mol. The zero-order valence-electron chi connectivity index (χ0n) is 17.8. The molecule has 0 aliphatic carbocycles. The van der Waals surface area contributed by atoms with E-state index in [4.69, 9.17) is 9.72 Å². The summed E-state index contributed by atoms with van der Waals surface area (Å²) in [5.74, 6) is 0.986. The Kier molecular flexibility index (Phi) is 6.06. The van der Waals surface area contributed by atoms with Crippen molar-refractivity contribution in [1.82, 2.24) is 19.4 Å². The summed E-state index contributed by atoms with van der Waals surface area (Å²) in [7, 11) is 4.15. The van der Waals surface area contributed by atoms with Crippen molar-refractivity contribution in [3.05, 3.63) is 17.7 Å². The van der Waals surface area contributed by atoms with Gasteiger partial charge < -0.3 is 14.2 Å². The topological polar surface area (TPSA) is 50.6 Å². The van der Waals surface area contributed by atoms with Crippen LogP contribution in [0.25, 0.3) is 0 Å². The molecule has 2 rings (SSSR count). The summed E-state index contributed by atoms with van der Waals surface area (Å²) in [4.78, 5) is 21.7. The van der Waals surface area contributed by atoms with Gasteiger partial charge in [-0.2, -0.15) is 0 Å². The smallest absolute Gasteiger partial charge is 0.410 e. The normalized spacial score (nSPS) is 18.7. The maximum atomic E-state index is 12.7. The summed E-state index contributed by atoms with van der Waals surface area (Å²) >= 11 is 0. The fourth-order valence-electron chi connectivity index (χ4n) is 3.12. The summed E-state index contributed by atoms with van der Waals surface area (Å²) in [6, 6.07) is -0.0110. The molecule has 1 aliphatic heterocycles. The highest BCUT2D eigenvalue weighted by Gasteiger charge is 2.36. The number of carbonyl (C=O) groups is 1. The Hall–Kier alpha value is -1.56. The van der Waals surface area contributed by atoms with E-state index in [0.29, 0.717) is 0 Å². The number of rotatable bonds is 4. The Bertz CT molecular complexity index is 623. The molecule has 6 heteroatoms. The first kappa shape index (κ1) is 20.7. The molecule has 0 bridgehead atoms. The third-order valence-corrected chi connectivity index (χ3v) is 4.54. The van der Waals surface area contributed by atoms with Crippen LogP contribution in [0.15, 0.2) is 6.20 Å². The molecule has 0 radical (unpaired) electrons. The van der Waals surface area contributed by atoms with Crippen LogP contribution in [0.4, 0.5) is 4.79 Å². The van der Waals surface area contributed by atoms with Gasteiger partial charge in [0.05, 0.1) is 11.7 Å². The molecule has 1 aromatic heterocycles. The van der Waals surface area contributed by atoms with Gasteiger partial charge in [0, 0.05) is 31.2 Å². The minimum absolute atomic E-state index is 0.0110. The first-order valence-corrected chi connectivity index (χ1v) is 9.60. The molecule has 1 aliphatic rings. The Morgan fingerprint density at radius 3 is 2.46 bits per heavy atom. The number of likely N-dealkylation sites (N-methyl/N-ethyl adjacent to an activating group) is 1. The van der Waals surface area contributed by atoms with Crippen molar-refractivity contribution >= 4 is 6.09 Å². The van der Waals surface area contributed by atoms with Crippen molar-refractivity contribution in [3.63, 3.8) is 0 Å². The lowest BCUT2D eigenvalue weighted by atomic mass is 9.93. The molecule has 1 aromatic rings. The fraction of sp³-hybridized carbons (Fsp3) is 0.800. The second kappa shape index (κ2) is 7.59. The van der Waals surface area contributed by atoms with E-state index in [0.717, 1.165) is 44.0 Å². The molecule has 1 atom stereocenters. The van der Waals surface area contributed by atoms with Gasteiger partial charge in [0.2, 0.25) is 0 Å². The van der Waals surface area contributed by atoms with E-state index in [1.807, 2.05) is 25.7 Å². The quantitative estimate of drug-likeness (QED) is 0.815. The number of imidazole rings is 1. The highest BCUT2D eigenvalue weighted by molar-refractivity contribution is 5.69. The highest BCUT2D eigenvalue weighted by atomic mass is 16.6. The van der Waals surface area contributed by atoms with E-state index in [1.165, 1.54) is 0 Å². The first-order valence-electron chi connectivity index (χ1n) is 9.60. The third-order valence-electron chi connectivity index (χ3n) is 4.54. The number of nitrogens with zero attached hydrogens (tertiary/aromatic N) is 4. The fourth-order valence-corrected chi connectivity index (χ4v) is 3.12. The lowest BCUT2D eigenvalue weighted by molar-refractivity contribution is 0.0215. The Morgan fingerprint density at radius 2 is 1.92 bits per heavy atom. The van der Waals surface area contributed by atoms with Crippen LogP contribution in [0.2, 0.25) is 0 Å². The van der Waals surface area contributed by atoms with Crippen LogP contribution in [-0.4, -0.2) is 58.2 Å². The molecule has 1 amide bonds. The number of aromatic nitrogens is 2. The summed E-state index contributed by atoms with van der Waals surface area (Å²) in [6.45, 7) is 14.8. The highest BCUT2D eigenvalue weighted by Crippen LogP contribution is 2.34. The molecular weight excluding hydrogens is 328 g/mol. The molecule has 0 spiro atoms. The minimum Gasteiger partial charge on any atom is -0.444 e. The molecule has 1 unspecified atom stereocenters. The number of likely N-dealkylation sites (tertiary alicyclic amines) is 1. The van der Waals surface area contributed by atoms with Gasteiger partial charge in [-0.15, -0.1) is 0 Å². The van der Waals surface area contributed by atoms with Crippen LogP contribution >= 0.6 is 0 Å².